The Hall–Kier alpha value is -1.00. The first-order valence-corrected chi connectivity index (χ1v) is 7.23. The quantitative estimate of drug-likeness (QED) is 0.917. The van der Waals surface area contributed by atoms with Crippen molar-refractivity contribution in [1.29, 1.82) is 0 Å². The molecule has 0 saturated carbocycles. The van der Waals surface area contributed by atoms with Crippen LogP contribution in [-0.2, 0) is 0 Å². The maximum atomic E-state index is 13.7. The summed E-state index contributed by atoms with van der Waals surface area (Å²) >= 11 is 0. The van der Waals surface area contributed by atoms with E-state index in [1.807, 2.05) is 0 Å². The molecule has 1 saturated heterocycles. The van der Waals surface area contributed by atoms with E-state index in [9.17, 15) is 13.9 Å². The Bertz CT molecular complexity index is 462. The van der Waals surface area contributed by atoms with Crippen molar-refractivity contribution in [3.8, 4) is 0 Å². The van der Waals surface area contributed by atoms with Crippen molar-refractivity contribution in [2.24, 2.45) is 5.41 Å². The second kappa shape index (κ2) is 6.19. The number of likely N-dealkylation sites (tertiary alicyclic amines) is 1. The van der Waals surface area contributed by atoms with E-state index in [1.54, 1.807) is 0 Å². The van der Waals surface area contributed by atoms with Gasteiger partial charge in [-0.15, -0.1) is 0 Å². The van der Waals surface area contributed by atoms with Gasteiger partial charge in [0.25, 0.3) is 0 Å². The van der Waals surface area contributed by atoms with Crippen molar-refractivity contribution in [1.82, 2.24) is 4.90 Å². The molecule has 2 nitrogen and oxygen atoms in total. The van der Waals surface area contributed by atoms with Crippen molar-refractivity contribution in [2.75, 3.05) is 19.6 Å². The summed E-state index contributed by atoms with van der Waals surface area (Å²) in [6.07, 6.45) is 2.32. The standard InChI is InChI=1S/C16H23F2NO/c1-16(2)7-4-9-19(10-8-16)11-14(20)12-5-3-6-13(17)15(12)18/h3,5-6,14,20H,4,7-11H2,1-2H3. The van der Waals surface area contributed by atoms with E-state index in [2.05, 4.69) is 18.7 Å². The summed E-state index contributed by atoms with van der Waals surface area (Å²) in [5.74, 6) is -1.84. The highest BCUT2D eigenvalue weighted by molar-refractivity contribution is 5.21. The molecule has 0 bridgehead atoms. The first-order valence-electron chi connectivity index (χ1n) is 7.23. The monoisotopic (exact) mass is 283 g/mol. The summed E-state index contributed by atoms with van der Waals surface area (Å²) < 4.78 is 26.8. The van der Waals surface area contributed by atoms with Crippen molar-refractivity contribution in [3.63, 3.8) is 0 Å². The molecular weight excluding hydrogens is 260 g/mol. The molecule has 0 radical (unpaired) electrons. The maximum absolute atomic E-state index is 13.7. The molecule has 2 rings (SSSR count). The van der Waals surface area contributed by atoms with Crippen LogP contribution in [0.5, 0.6) is 0 Å². The Morgan fingerprint density at radius 3 is 2.75 bits per heavy atom. The van der Waals surface area contributed by atoms with Gasteiger partial charge in [0.05, 0.1) is 6.10 Å². The van der Waals surface area contributed by atoms with E-state index in [1.165, 1.54) is 12.1 Å². The highest BCUT2D eigenvalue weighted by atomic mass is 19.2. The fourth-order valence-electron chi connectivity index (χ4n) is 2.78. The molecule has 0 aromatic heterocycles. The molecule has 0 amide bonds. The first-order chi connectivity index (χ1) is 9.39. The van der Waals surface area contributed by atoms with Gasteiger partial charge in [-0.1, -0.05) is 26.0 Å². The predicted molar refractivity (Wildman–Crippen MR) is 75.4 cm³/mol. The number of hydrogen-bond donors (Lipinski definition) is 1. The zero-order chi connectivity index (χ0) is 14.8. The minimum Gasteiger partial charge on any atom is -0.387 e. The molecule has 112 valence electrons. The van der Waals surface area contributed by atoms with Crippen LogP contribution in [0.15, 0.2) is 18.2 Å². The predicted octanol–water partition coefficient (Wildman–Crippen LogP) is 3.51. The van der Waals surface area contributed by atoms with Gasteiger partial charge in [-0.2, -0.15) is 0 Å². The number of rotatable bonds is 3. The van der Waals surface area contributed by atoms with E-state index in [-0.39, 0.29) is 5.56 Å². The van der Waals surface area contributed by atoms with Crippen LogP contribution in [0.4, 0.5) is 8.78 Å². The summed E-state index contributed by atoms with van der Waals surface area (Å²) in [5.41, 5.74) is 0.373. The number of benzene rings is 1. The molecule has 1 aromatic carbocycles. The third-order valence-electron chi connectivity index (χ3n) is 4.20. The lowest BCUT2D eigenvalue weighted by atomic mass is 9.85. The molecule has 4 heteroatoms. The minimum atomic E-state index is -0.980. The van der Waals surface area contributed by atoms with Gasteiger partial charge in [0.2, 0.25) is 0 Å². The van der Waals surface area contributed by atoms with Gasteiger partial charge in [-0.05, 0) is 43.8 Å². The molecule has 1 heterocycles. The number of halogens is 2. The fraction of sp³-hybridized carbons (Fsp3) is 0.625. The lowest BCUT2D eigenvalue weighted by Crippen LogP contribution is -2.30. The normalized spacial score (nSPS) is 21.4. The second-order valence-corrected chi connectivity index (χ2v) is 6.48. The zero-order valence-corrected chi connectivity index (χ0v) is 12.2. The smallest absolute Gasteiger partial charge is 0.164 e. The molecule has 1 N–H and O–H groups in total. The number of nitrogens with zero attached hydrogens (tertiary/aromatic N) is 1. The van der Waals surface area contributed by atoms with E-state index >= 15 is 0 Å². The Kier molecular flexibility index (Phi) is 4.76. The van der Waals surface area contributed by atoms with Crippen molar-refractivity contribution < 1.29 is 13.9 Å². The third-order valence-corrected chi connectivity index (χ3v) is 4.20. The van der Waals surface area contributed by atoms with Crippen LogP contribution in [0.3, 0.4) is 0 Å². The minimum absolute atomic E-state index is 0.0495. The molecule has 1 atom stereocenters. The van der Waals surface area contributed by atoms with Crippen molar-refractivity contribution in [3.05, 3.63) is 35.4 Å². The lowest BCUT2D eigenvalue weighted by molar-refractivity contribution is 0.109. The topological polar surface area (TPSA) is 23.5 Å². The molecule has 1 aliphatic heterocycles. The van der Waals surface area contributed by atoms with Crippen LogP contribution < -0.4 is 0 Å². The van der Waals surface area contributed by atoms with Gasteiger partial charge in [-0.25, -0.2) is 8.78 Å². The highest BCUT2D eigenvalue weighted by Crippen LogP contribution is 2.30. The molecule has 1 fully saturated rings. The van der Waals surface area contributed by atoms with Gasteiger partial charge in [-0.3, -0.25) is 0 Å². The third kappa shape index (κ3) is 3.76. The molecule has 1 unspecified atom stereocenters. The number of aliphatic hydroxyl groups excluding tert-OH is 1. The molecular formula is C16H23F2NO. The fourth-order valence-corrected chi connectivity index (χ4v) is 2.78. The van der Waals surface area contributed by atoms with E-state index in [0.717, 1.165) is 38.4 Å². The van der Waals surface area contributed by atoms with Gasteiger partial charge in [0.1, 0.15) is 0 Å². The Morgan fingerprint density at radius 1 is 1.25 bits per heavy atom. The second-order valence-electron chi connectivity index (χ2n) is 6.48. The Morgan fingerprint density at radius 2 is 2.00 bits per heavy atom. The van der Waals surface area contributed by atoms with Crippen LogP contribution in [0.1, 0.15) is 44.8 Å². The summed E-state index contributed by atoms with van der Waals surface area (Å²) in [6.45, 7) is 6.65. The van der Waals surface area contributed by atoms with Gasteiger partial charge in [0.15, 0.2) is 11.6 Å². The Labute approximate surface area is 119 Å². The largest absolute Gasteiger partial charge is 0.387 e. The zero-order valence-electron chi connectivity index (χ0n) is 12.2. The SMILES string of the molecule is CC1(C)CCCN(CC(O)c2cccc(F)c2F)CC1. The number of hydrogen-bond acceptors (Lipinski definition) is 2. The van der Waals surface area contributed by atoms with Crippen molar-refractivity contribution >= 4 is 0 Å². The van der Waals surface area contributed by atoms with Crippen LogP contribution in [-0.4, -0.2) is 29.6 Å². The molecule has 0 aliphatic carbocycles. The van der Waals surface area contributed by atoms with E-state index in [0.29, 0.717) is 12.0 Å². The molecule has 1 aliphatic rings. The molecule has 20 heavy (non-hydrogen) atoms. The summed E-state index contributed by atoms with van der Waals surface area (Å²) in [6, 6.07) is 3.95. The van der Waals surface area contributed by atoms with Crippen LogP contribution in [0, 0.1) is 17.0 Å². The Balaban J connectivity index is 2.01. The van der Waals surface area contributed by atoms with E-state index in [4.69, 9.17) is 0 Å². The summed E-state index contributed by atoms with van der Waals surface area (Å²) in [5, 5.41) is 10.2. The van der Waals surface area contributed by atoms with Gasteiger partial charge < -0.3 is 10.0 Å². The van der Waals surface area contributed by atoms with Gasteiger partial charge in [0, 0.05) is 12.1 Å². The summed E-state index contributed by atoms with van der Waals surface area (Å²) in [4.78, 5) is 2.14. The van der Waals surface area contributed by atoms with Crippen LogP contribution >= 0.6 is 0 Å². The van der Waals surface area contributed by atoms with Gasteiger partial charge >= 0.3 is 0 Å². The number of aliphatic hydroxyl groups is 1. The van der Waals surface area contributed by atoms with E-state index < -0.39 is 17.7 Å². The van der Waals surface area contributed by atoms with Crippen LogP contribution in [0.2, 0.25) is 0 Å². The average Bonchev–Trinajstić information content (AvgIpc) is 2.54. The average molecular weight is 283 g/mol. The lowest BCUT2D eigenvalue weighted by Gasteiger charge is -2.25. The van der Waals surface area contributed by atoms with Crippen molar-refractivity contribution in [2.45, 2.75) is 39.2 Å². The molecule has 1 aromatic rings. The first kappa shape index (κ1) is 15.4. The highest BCUT2D eigenvalue weighted by Gasteiger charge is 2.25. The maximum Gasteiger partial charge on any atom is 0.164 e. The van der Waals surface area contributed by atoms with Crippen LogP contribution in [0.25, 0.3) is 0 Å². The summed E-state index contributed by atoms with van der Waals surface area (Å²) in [7, 11) is 0. The number of β-amino-alcohol motifs (C(OH)–C–C–N with tert-alkyl or cyclic N) is 1. The molecule has 0 spiro atoms.